The number of nitrogens with zero attached hydrogens (tertiary/aromatic N) is 3. The second-order valence-corrected chi connectivity index (χ2v) is 5.23. The molecule has 0 saturated carbocycles. The van der Waals surface area contributed by atoms with Gasteiger partial charge in [-0.2, -0.15) is 5.10 Å². The van der Waals surface area contributed by atoms with E-state index in [1.165, 1.54) is 0 Å². The molecule has 2 heterocycles. The Hall–Kier alpha value is -2.01. The Labute approximate surface area is 122 Å². The molecule has 1 aliphatic rings. The van der Waals surface area contributed by atoms with E-state index >= 15 is 0 Å². The van der Waals surface area contributed by atoms with Crippen LogP contribution in [0.4, 0.5) is 5.82 Å². The highest BCUT2D eigenvalue weighted by molar-refractivity contribution is 6.30. The molecule has 6 heteroatoms. The second-order valence-electron chi connectivity index (χ2n) is 4.80. The average molecular weight is 290 g/mol. The Bertz CT molecular complexity index is 674. The van der Waals surface area contributed by atoms with Gasteiger partial charge in [-0.3, -0.25) is 4.99 Å². The molecule has 1 aromatic heterocycles. The van der Waals surface area contributed by atoms with Crippen LogP contribution < -0.4 is 10.6 Å². The van der Waals surface area contributed by atoms with Gasteiger partial charge in [0.05, 0.1) is 17.9 Å². The Morgan fingerprint density at radius 1 is 1.30 bits per heavy atom. The topological polar surface area (TPSA) is 54.2 Å². The quantitative estimate of drug-likeness (QED) is 0.893. The van der Waals surface area contributed by atoms with E-state index in [2.05, 4.69) is 20.7 Å². The number of guanidine groups is 1. The van der Waals surface area contributed by atoms with E-state index in [9.17, 15) is 0 Å². The van der Waals surface area contributed by atoms with Crippen molar-refractivity contribution in [3.8, 4) is 5.69 Å². The first-order valence-corrected chi connectivity index (χ1v) is 6.90. The summed E-state index contributed by atoms with van der Waals surface area (Å²) in [6.07, 6.45) is 0. The maximum Gasteiger partial charge on any atom is 0.197 e. The van der Waals surface area contributed by atoms with Gasteiger partial charge < -0.3 is 10.6 Å². The molecule has 20 heavy (non-hydrogen) atoms. The number of anilines is 1. The van der Waals surface area contributed by atoms with E-state index in [0.29, 0.717) is 0 Å². The summed E-state index contributed by atoms with van der Waals surface area (Å²) >= 11 is 6.01. The monoisotopic (exact) mass is 289 g/mol. The Balaban J connectivity index is 2.00. The van der Waals surface area contributed by atoms with Crippen molar-refractivity contribution in [3.05, 3.63) is 40.5 Å². The van der Waals surface area contributed by atoms with Crippen LogP contribution in [0.15, 0.2) is 29.3 Å². The molecule has 0 unspecified atom stereocenters. The lowest BCUT2D eigenvalue weighted by Gasteiger charge is -2.12. The van der Waals surface area contributed by atoms with Crippen molar-refractivity contribution in [3.63, 3.8) is 0 Å². The van der Waals surface area contributed by atoms with Crippen molar-refractivity contribution in [1.82, 2.24) is 15.1 Å². The molecule has 0 amide bonds. The van der Waals surface area contributed by atoms with Gasteiger partial charge in [-0.05, 0) is 37.6 Å². The smallest absolute Gasteiger partial charge is 0.197 e. The fourth-order valence-corrected chi connectivity index (χ4v) is 2.46. The summed E-state index contributed by atoms with van der Waals surface area (Å²) in [5.41, 5.74) is 3.02. The third kappa shape index (κ3) is 2.49. The molecular weight excluding hydrogens is 274 g/mol. The van der Waals surface area contributed by atoms with E-state index in [1.54, 1.807) is 0 Å². The van der Waals surface area contributed by atoms with Gasteiger partial charge in [0.1, 0.15) is 5.82 Å². The van der Waals surface area contributed by atoms with Crippen LogP contribution in [0.5, 0.6) is 0 Å². The first-order valence-electron chi connectivity index (χ1n) is 6.52. The van der Waals surface area contributed by atoms with Gasteiger partial charge in [0.25, 0.3) is 0 Å². The lowest BCUT2D eigenvalue weighted by atomic mass is 10.2. The Kier molecular flexibility index (Phi) is 3.36. The number of aromatic nitrogens is 2. The van der Waals surface area contributed by atoms with Crippen molar-refractivity contribution >= 4 is 23.4 Å². The highest BCUT2D eigenvalue weighted by Gasteiger charge is 2.13. The number of rotatable bonds is 2. The maximum absolute atomic E-state index is 6.01. The summed E-state index contributed by atoms with van der Waals surface area (Å²) in [5, 5.41) is 11.7. The number of benzene rings is 1. The van der Waals surface area contributed by atoms with Crippen molar-refractivity contribution in [2.24, 2.45) is 4.99 Å². The molecule has 0 atom stereocenters. The largest absolute Gasteiger partial charge is 0.354 e. The van der Waals surface area contributed by atoms with Crippen molar-refractivity contribution in [1.29, 1.82) is 0 Å². The molecule has 104 valence electrons. The summed E-state index contributed by atoms with van der Waals surface area (Å²) < 4.78 is 1.88. The third-order valence-electron chi connectivity index (χ3n) is 3.14. The number of aliphatic imine (C=N–C) groups is 1. The van der Waals surface area contributed by atoms with Gasteiger partial charge in [0.2, 0.25) is 0 Å². The van der Waals surface area contributed by atoms with E-state index in [4.69, 9.17) is 11.6 Å². The van der Waals surface area contributed by atoms with Crippen LogP contribution in [-0.2, 0) is 0 Å². The minimum atomic E-state index is 0.728. The van der Waals surface area contributed by atoms with Crippen LogP contribution in [0.2, 0.25) is 5.02 Å². The normalized spacial score (nSPS) is 14.1. The number of hydrogen-bond donors (Lipinski definition) is 2. The predicted molar refractivity (Wildman–Crippen MR) is 82.0 cm³/mol. The van der Waals surface area contributed by atoms with Gasteiger partial charge in [0, 0.05) is 17.6 Å². The van der Waals surface area contributed by atoms with Crippen molar-refractivity contribution in [2.45, 2.75) is 13.8 Å². The van der Waals surface area contributed by atoms with Crippen LogP contribution in [0, 0.1) is 13.8 Å². The molecule has 0 radical (unpaired) electrons. The summed E-state index contributed by atoms with van der Waals surface area (Å²) in [4.78, 5) is 4.34. The zero-order chi connectivity index (χ0) is 14.1. The summed E-state index contributed by atoms with van der Waals surface area (Å²) in [6, 6.07) is 7.77. The first kappa shape index (κ1) is 13.0. The summed E-state index contributed by atoms with van der Waals surface area (Å²) in [6.45, 7) is 5.66. The van der Waals surface area contributed by atoms with Gasteiger partial charge in [0.15, 0.2) is 5.96 Å². The van der Waals surface area contributed by atoms with Crippen molar-refractivity contribution in [2.75, 3.05) is 18.4 Å². The highest BCUT2D eigenvalue weighted by atomic mass is 35.5. The first-order chi connectivity index (χ1) is 9.63. The predicted octanol–water partition coefficient (Wildman–Crippen LogP) is 2.51. The molecule has 0 spiro atoms. The van der Waals surface area contributed by atoms with Gasteiger partial charge in [-0.1, -0.05) is 11.6 Å². The molecule has 3 rings (SSSR count). The summed E-state index contributed by atoms with van der Waals surface area (Å²) in [5.74, 6) is 1.68. The fourth-order valence-electron chi connectivity index (χ4n) is 2.23. The van der Waals surface area contributed by atoms with Gasteiger partial charge >= 0.3 is 0 Å². The third-order valence-corrected chi connectivity index (χ3v) is 3.37. The lowest BCUT2D eigenvalue weighted by Crippen LogP contribution is -2.27. The molecule has 0 aliphatic carbocycles. The van der Waals surface area contributed by atoms with E-state index < -0.39 is 0 Å². The van der Waals surface area contributed by atoms with E-state index in [0.717, 1.165) is 46.8 Å². The molecule has 5 nitrogen and oxygen atoms in total. The SMILES string of the molecule is Cc1cc(NC2=NCCN2)n(-c2ccc(Cl)cc2C)n1. The molecule has 0 fully saturated rings. The van der Waals surface area contributed by atoms with E-state index in [-0.39, 0.29) is 0 Å². The number of nitrogens with one attached hydrogen (secondary N) is 2. The van der Waals surface area contributed by atoms with Crippen molar-refractivity contribution < 1.29 is 0 Å². The zero-order valence-electron chi connectivity index (χ0n) is 11.4. The molecular formula is C14H16ClN5. The van der Waals surface area contributed by atoms with Gasteiger partial charge in [-0.15, -0.1) is 0 Å². The lowest BCUT2D eigenvalue weighted by molar-refractivity contribution is 0.862. The molecule has 0 bridgehead atoms. The zero-order valence-corrected chi connectivity index (χ0v) is 12.2. The Morgan fingerprint density at radius 2 is 2.15 bits per heavy atom. The number of halogens is 1. The molecule has 1 aromatic carbocycles. The fraction of sp³-hybridized carbons (Fsp3) is 0.286. The van der Waals surface area contributed by atoms with Gasteiger partial charge in [-0.25, -0.2) is 4.68 Å². The van der Waals surface area contributed by atoms with Crippen LogP contribution >= 0.6 is 11.6 Å². The van der Waals surface area contributed by atoms with E-state index in [1.807, 2.05) is 42.8 Å². The standard InChI is InChI=1S/C14H16ClN5/c1-9-7-11(15)3-4-12(9)20-13(8-10(2)19-20)18-14-16-5-6-17-14/h3-4,7-8H,5-6H2,1-2H3,(H2,16,17,18). The van der Waals surface area contributed by atoms with Crippen LogP contribution in [0.3, 0.4) is 0 Å². The molecule has 1 aliphatic heterocycles. The summed E-state index contributed by atoms with van der Waals surface area (Å²) in [7, 11) is 0. The van der Waals surface area contributed by atoms with Crippen LogP contribution in [-0.4, -0.2) is 28.8 Å². The molecule has 2 aromatic rings. The maximum atomic E-state index is 6.01. The van der Waals surface area contributed by atoms with Crippen LogP contribution in [0.25, 0.3) is 5.69 Å². The molecule has 0 saturated heterocycles. The second kappa shape index (κ2) is 5.17. The minimum Gasteiger partial charge on any atom is -0.354 e. The number of aryl methyl sites for hydroxylation is 2. The average Bonchev–Trinajstić information content (AvgIpc) is 3.00. The Morgan fingerprint density at radius 3 is 2.85 bits per heavy atom. The number of hydrogen-bond acceptors (Lipinski definition) is 4. The highest BCUT2D eigenvalue weighted by Crippen LogP contribution is 2.23. The molecule has 2 N–H and O–H groups in total. The van der Waals surface area contributed by atoms with Crippen LogP contribution in [0.1, 0.15) is 11.3 Å². The minimum absolute atomic E-state index is 0.728.